The van der Waals surface area contributed by atoms with Gasteiger partial charge >= 0.3 is 0 Å². The molecule has 0 aliphatic carbocycles. The molecule has 18 heavy (non-hydrogen) atoms. The lowest BCUT2D eigenvalue weighted by atomic mass is 9.98. The first-order valence-corrected chi connectivity index (χ1v) is 6.76. The van der Waals surface area contributed by atoms with Crippen molar-refractivity contribution in [1.82, 2.24) is 9.97 Å². The first-order valence-electron chi connectivity index (χ1n) is 6.13. The molecular formula is C15H18N2S. The SMILES string of the molecule is Cc1cc(C)c(-c2ccnc(CCS)n2)cc1C. The summed E-state index contributed by atoms with van der Waals surface area (Å²) in [6, 6.07) is 6.39. The van der Waals surface area contributed by atoms with Crippen LogP contribution in [0.5, 0.6) is 0 Å². The maximum absolute atomic E-state index is 4.60. The van der Waals surface area contributed by atoms with Crippen molar-refractivity contribution in [1.29, 1.82) is 0 Å². The molecule has 3 heteroatoms. The molecule has 0 atom stereocenters. The Balaban J connectivity index is 2.48. The minimum Gasteiger partial charge on any atom is -0.241 e. The highest BCUT2D eigenvalue weighted by atomic mass is 32.1. The monoisotopic (exact) mass is 258 g/mol. The van der Waals surface area contributed by atoms with Crippen molar-refractivity contribution in [3.8, 4) is 11.3 Å². The van der Waals surface area contributed by atoms with E-state index in [1.54, 1.807) is 0 Å². The molecule has 0 aliphatic heterocycles. The molecule has 1 aromatic heterocycles. The fourth-order valence-electron chi connectivity index (χ4n) is 2.01. The van der Waals surface area contributed by atoms with Crippen LogP contribution >= 0.6 is 12.6 Å². The minimum absolute atomic E-state index is 0.773. The van der Waals surface area contributed by atoms with E-state index in [0.717, 1.165) is 23.7 Å². The topological polar surface area (TPSA) is 25.8 Å². The second kappa shape index (κ2) is 5.53. The second-order valence-corrected chi connectivity index (χ2v) is 5.03. The Kier molecular flexibility index (Phi) is 4.02. The molecular weight excluding hydrogens is 240 g/mol. The van der Waals surface area contributed by atoms with E-state index in [4.69, 9.17) is 0 Å². The zero-order valence-corrected chi connectivity index (χ0v) is 12.0. The maximum atomic E-state index is 4.60. The van der Waals surface area contributed by atoms with Crippen LogP contribution in [0, 0.1) is 20.8 Å². The standard InChI is InChI=1S/C15H18N2S/c1-10-8-12(3)13(9-11(10)2)14-4-6-16-15(17-14)5-7-18/h4,6,8-9,18H,5,7H2,1-3H3. The van der Waals surface area contributed by atoms with Gasteiger partial charge in [-0.25, -0.2) is 9.97 Å². The normalized spacial score (nSPS) is 10.7. The number of hydrogen-bond donors (Lipinski definition) is 1. The van der Waals surface area contributed by atoms with Gasteiger partial charge in [0.25, 0.3) is 0 Å². The average molecular weight is 258 g/mol. The van der Waals surface area contributed by atoms with Crippen molar-refractivity contribution in [3.05, 3.63) is 46.9 Å². The summed E-state index contributed by atoms with van der Waals surface area (Å²) in [6.45, 7) is 6.40. The Morgan fingerprint density at radius 2 is 1.78 bits per heavy atom. The lowest BCUT2D eigenvalue weighted by Gasteiger charge is -2.10. The molecule has 0 unspecified atom stereocenters. The molecule has 0 fully saturated rings. The zero-order valence-electron chi connectivity index (χ0n) is 11.1. The van der Waals surface area contributed by atoms with E-state index in [9.17, 15) is 0 Å². The Labute approximate surface area is 114 Å². The van der Waals surface area contributed by atoms with Crippen molar-refractivity contribution >= 4 is 12.6 Å². The van der Waals surface area contributed by atoms with Gasteiger partial charge in [-0.15, -0.1) is 0 Å². The van der Waals surface area contributed by atoms with E-state index in [1.807, 2.05) is 12.3 Å². The zero-order chi connectivity index (χ0) is 13.1. The van der Waals surface area contributed by atoms with Crippen molar-refractivity contribution in [2.75, 3.05) is 5.75 Å². The molecule has 0 N–H and O–H groups in total. The summed E-state index contributed by atoms with van der Waals surface area (Å²) in [4.78, 5) is 8.87. The van der Waals surface area contributed by atoms with Crippen LogP contribution in [-0.2, 0) is 6.42 Å². The van der Waals surface area contributed by atoms with Gasteiger partial charge in [-0.2, -0.15) is 12.6 Å². The number of aromatic nitrogens is 2. The van der Waals surface area contributed by atoms with Gasteiger partial charge in [-0.05, 0) is 55.3 Å². The summed E-state index contributed by atoms with van der Waals surface area (Å²) in [5.74, 6) is 1.63. The summed E-state index contributed by atoms with van der Waals surface area (Å²) in [7, 11) is 0. The lowest BCUT2D eigenvalue weighted by molar-refractivity contribution is 0.952. The molecule has 0 saturated heterocycles. The largest absolute Gasteiger partial charge is 0.241 e. The van der Waals surface area contributed by atoms with Crippen LogP contribution in [0.2, 0.25) is 0 Å². The number of rotatable bonds is 3. The fraction of sp³-hybridized carbons (Fsp3) is 0.333. The smallest absolute Gasteiger partial charge is 0.129 e. The molecule has 0 bridgehead atoms. The van der Waals surface area contributed by atoms with E-state index in [2.05, 4.69) is 55.5 Å². The number of aryl methyl sites for hydroxylation is 4. The van der Waals surface area contributed by atoms with Crippen LogP contribution in [-0.4, -0.2) is 15.7 Å². The maximum Gasteiger partial charge on any atom is 0.129 e. The number of benzene rings is 1. The van der Waals surface area contributed by atoms with Gasteiger partial charge in [0.2, 0.25) is 0 Å². The average Bonchev–Trinajstić information content (AvgIpc) is 2.34. The van der Waals surface area contributed by atoms with Gasteiger partial charge in [-0.1, -0.05) is 6.07 Å². The molecule has 2 rings (SSSR count). The van der Waals surface area contributed by atoms with Crippen LogP contribution in [0.25, 0.3) is 11.3 Å². The Morgan fingerprint density at radius 1 is 1.06 bits per heavy atom. The van der Waals surface area contributed by atoms with Crippen molar-refractivity contribution in [2.45, 2.75) is 27.2 Å². The van der Waals surface area contributed by atoms with E-state index in [-0.39, 0.29) is 0 Å². The van der Waals surface area contributed by atoms with Crippen LogP contribution in [0.1, 0.15) is 22.5 Å². The Hall–Kier alpha value is -1.35. The molecule has 0 saturated carbocycles. The highest BCUT2D eigenvalue weighted by Crippen LogP contribution is 2.24. The molecule has 0 amide bonds. The van der Waals surface area contributed by atoms with E-state index in [1.165, 1.54) is 22.3 Å². The van der Waals surface area contributed by atoms with Crippen LogP contribution in [0.3, 0.4) is 0 Å². The number of hydrogen-bond acceptors (Lipinski definition) is 3. The predicted octanol–water partition coefficient (Wildman–Crippen LogP) is 3.54. The molecule has 94 valence electrons. The van der Waals surface area contributed by atoms with E-state index in [0.29, 0.717) is 0 Å². The van der Waals surface area contributed by atoms with Crippen molar-refractivity contribution in [2.24, 2.45) is 0 Å². The van der Waals surface area contributed by atoms with Gasteiger partial charge in [0.1, 0.15) is 5.82 Å². The fourth-order valence-corrected chi connectivity index (χ4v) is 2.21. The molecule has 1 heterocycles. The molecule has 0 spiro atoms. The Bertz CT molecular complexity index is 564. The highest BCUT2D eigenvalue weighted by molar-refractivity contribution is 7.80. The molecule has 2 nitrogen and oxygen atoms in total. The summed E-state index contributed by atoms with van der Waals surface area (Å²) in [6.07, 6.45) is 2.64. The summed E-state index contributed by atoms with van der Waals surface area (Å²) in [5.41, 5.74) is 6.07. The second-order valence-electron chi connectivity index (χ2n) is 4.58. The van der Waals surface area contributed by atoms with Gasteiger partial charge in [0.15, 0.2) is 0 Å². The van der Waals surface area contributed by atoms with Crippen LogP contribution < -0.4 is 0 Å². The van der Waals surface area contributed by atoms with Gasteiger partial charge in [0.05, 0.1) is 5.69 Å². The first-order chi connectivity index (χ1) is 8.61. The van der Waals surface area contributed by atoms with E-state index < -0.39 is 0 Å². The highest BCUT2D eigenvalue weighted by Gasteiger charge is 2.07. The van der Waals surface area contributed by atoms with E-state index >= 15 is 0 Å². The third-order valence-corrected chi connectivity index (χ3v) is 3.38. The predicted molar refractivity (Wildman–Crippen MR) is 79.2 cm³/mol. The summed E-state index contributed by atoms with van der Waals surface area (Å²) < 4.78 is 0. The lowest BCUT2D eigenvalue weighted by Crippen LogP contribution is -1.98. The van der Waals surface area contributed by atoms with Crippen molar-refractivity contribution < 1.29 is 0 Å². The van der Waals surface area contributed by atoms with Crippen LogP contribution in [0.4, 0.5) is 0 Å². The first kappa shape index (κ1) is 13.1. The minimum atomic E-state index is 0.773. The number of thiol groups is 1. The third-order valence-electron chi connectivity index (χ3n) is 3.16. The third kappa shape index (κ3) is 2.72. The number of nitrogens with zero attached hydrogens (tertiary/aromatic N) is 2. The van der Waals surface area contributed by atoms with Gasteiger partial charge in [-0.3, -0.25) is 0 Å². The summed E-state index contributed by atoms with van der Waals surface area (Å²) in [5, 5.41) is 0. The van der Waals surface area contributed by atoms with Gasteiger partial charge < -0.3 is 0 Å². The molecule has 0 aliphatic rings. The van der Waals surface area contributed by atoms with Gasteiger partial charge in [0, 0.05) is 18.2 Å². The summed E-state index contributed by atoms with van der Waals surface area (Å²) >= 11 is 4.22. The van der Waals surface area contributed by atoms with Crippen LogP contribution in [0.15, 0.2) is 24.4 Å². The molecule has 1 aromatic carbocycles. The van der Waals surface area contributed by atoms with Crippen molar-refractivity contribution in [3.63, 3.8) is 0 Å². The molecule has 2 aromatic rings. The quantitative estimate of drug-likeness (QED) is 0.852. The Morgan fingerprint density at radius 3 is 2.50 bits per heavy atom. The molecule has 0 radical (unpaired) electrons.